The Labute approximate surface area is 149 Å². The van der Waals surface area contributed by atoms with Crippen LogP contribution in [-0.2, 0) is 11.3 Å². The number of pyridine rings is 1. The molecule has 0 radical (unpaired) electrons. The number of halogens is 1. The van der Waals surface area contributed by atoms with E-state index in [1.165, 1.54) is 12.3 Å². The Morgan fingerprint density at radius 1 is 1.19 bits per heavy atom. The number of imidazole rings is 1. The molecule has 3 aromatic heterocycles. The van der Waals surface area contributed by atoms with Crippen molar-refractivity contribution in [3.8, 4) is 0 Å². The van der Waals surface area contributed by atoms with Gasteiger partial charge in [-0.1, -0.05) is 0 Å². The summed E-state index contributed by atoms with van der Waals surface area (Å²) in [5.41, 5.74) is 2.58. The van der Waals surface area contributed by atoms with Crippen molar-refractivity contribution in [2.45, 2.75) is 25.4 Å². The number of carbonyl (C=O) groups is 1. The lowest BCUT2D eigenvalue weighted by Crippen LogP contribution is -2.47. The fourth-order valence-corrected chi connectivity index (χ4v) is 3.75. The van der Waals surface area contributed by atoms with Crippen molar-refractivity contribution in [2.75, 3.05) is 24.5 Å². The minimum Gasteiger partial charge on any atom is -0.309 e. The third-order valence-electron chi connectivity index (χ3n) is 5.14. The Balaban J connectivity index is 1.22. The molecule has 3 aromatic rings. The summed E-state index contributed by atoms with van der Waals surface area (Å²) >= 11 is 0. The lowest BCUT2D eigenvalue weighted by molar-refractivity contribution is -0.117. The summed E-state index contributed by atoms with van der Waals surface area (Å²) in [7, 11) is 0. The Bertz CT molecular complexity index is 973. The van der Waals surface area contributed by atoms with Crippen molar-refractivity contribution in [2.24, 2.45) is 0 Å². The van der Waals surface area contributed by atoms with E-state index in [2.05, 4.69) is 15.0 Å². The maximum absolute atomic E-state index is 13.3. The zero-order valence-corrected chi connectivity index (χ0v) is 14.3. The summed E-state index contributed by atoms with van der Waals surface area (Å²) in [5.74, 6) is -0.0838. The van der Waals surface area contributed by atoms with Crippen LogP contribution >= 0.6 is 0 Å². The standard InChI is InChI=1S/C18H19FN6O/c19-13-3-4-17-21-14(9-23(17)7-13)8-22-10-16(11-22)25-12-15(6-20-25)24-5-1-2-18(24)26/h3-4,6-7,9,12,16H,1-2,5,8,10-11H2. The van der Waals surface area contributed by atoms with Gasteiger partial charge >= 0.3 is 0 Å². The molecule has 0 atom stereocenters. The topological polar surface area (TPSA) is 58.7 Å². The minimum atomic E-state index is -0.267. The Morgan fingerprint density at radius 3 is 2.88 bits per heavy atom. The summed E-state index contributed by atoms with van der Waals surface area (Å²) < 4.78 is 16.9. The van der Waals surface area contributed by atoms with Crippen LogP contribution < -0.4 is 4.90 Å². The average molecular weight is 354 g/mol. The van der Waals surface area contributed by atoms with Gasteiger partial charge in [-0.05, 0) is 18.6 Å². The molecule has 5 rings (SSSR count). The Hall–Kier alpha value is -2.74. The molecule has 2 saturated heterocycles. The number of fused-ring (bicyclic) bond motifs is 1. The lowest BCUT2D eigenvalue weighted by atomic mass is 10.1. The molecule has 0 unspecified atom stereocenters. The van der Waals surface area contributed by atoms with E-state index >= 15 is 0 Å². The number of anilines is 1. The van der Waals surface area contributed by atoms with Gasteiger partial charge in [0.1, 0.15) is 11.5 Å². The number of carbonyl (C=O) groups excluding carboxylic acids is 1. The molecule has 7 nitrogen and oxygen atoms in total. The Kier molecular flexibility index (Phi) is 3.53. The fourth-order valence-electron chi connectivity index (χ4n) is 3.75. The van der Waals surface area contributed by atoms with Gasteiger partial charge in [0.15, 0.2) is 0 Å². The van der Waals surface area contributed by atoms with Crippen LogP contribution in [0.3, 0.4) is 0 Å². The van der Waals surface area contributed by atoms with Gasteiger partial charge in [-0.2, -0.15) is 5.10 Å². The molecule has 2 aliphatic heterocycles. The van der Waals surface area contributed by atoms with Crippen LogP contribution in [0.4, 0.5) is 10.1 Å². The van der Waals surface area contributed by atoms with Crippen LogP contribution in [-0.4, -0.2) is 49.6 Å². The highest BCUT2D eigenvalue weighted by Gasteiger charge is 2.30. The second-order valence-electron chi connectivity index (χ2n) is 7.02. The number of nitrogens with zero attached hydrogens (tertiary/aromatic N) is 6. The summed E-state index contributed by atoms with van der Waals surface area (Å²) in [6, 6.07) is 3.42. The molecule has 0 N–H and O–H groups in total. The lowest BCUT2D eigenvalue weighted by Gasteiger charge is -2.38. The van der Waals surface area contributed by atoms with Gasteiger partial charge in [0, 0.05) is 51.2 Å². The van der Waals surface area contributed by atoms with Crippen molar-refractivity contribution >= 4 is 17.2 Å². The van der Waals surface area contributed by atoms with Crippen molar-refractivity contribution in [1.82, 2.24) is 24.1 Å². The van der Waals surface area contributed by atoms with E-state index in [1.54, 1.807) is 16.7 Å². The third-order valence-corrected chi connectivity index (χ3v) is 5.14. The molecule has 0 bridgehead atoms. The molecule has 26 heavy (non-hydrogen) atoms. The molecule has 2 fully saturated rings. The van der Waals surface area contributed by atoms with Crippen LogP contribution in [0.25, 0.3) is 5.65 Å². The minimum absolute atomic E-state index is 0.183. The third kappa shape index (κ3) is 2.66. The Morgan fingerprint density at radius 2 is 2.08 bits per heavy atom. The van der Waals surface area contributed by atoms with Crippen LogP contribution in [0.15, 0.2) is 36.9 Å². The summed E-state index contributed by atoms with van der Waals surface area (Å²) in [6.45, 7) is 3.29. The molecular weight excluding hydrogens is 335 g/mol. The van der Waals surface area contributed by atoms with E-state index in [0.717, 1.165) is 49.6 Å². The van der Waals surface area contributed by atoms with E-state index in [1.807, 2.05) is 22.0 Å². The second-order valence-corrected chi connectivity index (χ2v) is 7.02. The highest BCUT2D eigenvalue weighted by atomic mass is 19.1. The van der Waals surface area contributed by atoms with Gasteiger partial charge in [0.05, 0.1) is 23.6 Å². The smallest absolute Gasteiger partial charge is 0.227 e. The first-order valence-corrected chi connectivity index (χ1v) is 8.86. The van der Waals surface area contributed by atoms with Crippen molar-refractivity contribution in [3.05, 3.63) is 48.4 Å². The molecule has 8 heteroatoms. The average Bonchev–Trinajstić information content (AvgIpc) is 3.28. The highest BCUT2D eigenvalue weighted by Crippen LogP contribution is 2.26. The molecule has 1 amide bonds. The molecule has 0 aromatic carbocycles. The number of amides is 1. The van der Waals surface area contributed by atoms with Crippen LogP contribution in [0, 0.1) is 5.82 Å². The van der Waals surface area contributed by atoms with E-state index in [-0.39, 0.29) is 11.7 Å². The molecule has 5 heterocycles. The first-order valence-electron chi connectivity index (χ1n) is 8.86. The SMILES string of the molecule is O=C1CCCN1c1cnn(C2CN(Cc3cn4cc(F)ccc4n3)C2)c1. The first-order chi connectivity index (χ1) is 12.7. The maximum Gasteiger partial charge on any atom is 0.227 e. The second kappa shape index (κ2) is 5.91. The molecule has 0 spiro atoms. The largest absolute Gasteiger partial charge is 0.309 e. The van der Waals surface area contributed by atoms with Crippen molar-refractivity contribution in [1.29, 1.82) is 0 Å². The molecule has 134 valence electrons. The van der Waals surface area contributed by atoms with E-state index in [0.29, 0.717) is 12.5 Å². The number of aromatic nitrogens is 4. The van der Waals surface area contributed by atoms with Crippen LogP contribution in [0.1, 0.15) is 24.6 Å². The summed E-state index contributed by atoms with van der Waals surface area (Å²) in [6.07, 6.45) is 8.61. The molecule has 0 saturated carbocycles. The van der Waals surface area contributed by atoms with Gasteiger partial charge in [-0.15, -0.1) is 0 Å². The summed E-state index contributed by atoms with van der Waals surface area (Å²) in [5, 5.41) is 4.44. The fraction of sp³-hybridized carbons (Fsp3) is 0.389. The molecule has 0 aliphatic carbocycles. The quantitative estimate of drug-likeness (QED) is 0.718. The van der Waals surface area contributed by atoms with Crippen LogP contribution in [0.5, 0.6) is 0 Å². The number of likely N-dealkylation sites (tertiary alicyclic amines) is 1. The van der Waals surface area contributed by atoms with E-state index < -0.39 is 0 Å². The predicted molar refractivity (Wildman–Crippen MR) is 93.3 cm³/mol. The normalized spacial score (nSPS) is 18.8. The maximum atomic E-state index is 13.3. The van der Waals surface area contributed by atoms with Crippen molar-refractivity contribution < 1.29 is 9.18 Å². The van der Waals surface area contributed by atoms with E-state index in [4.69, 9.17) is 0 Å². The monoisotopic (exact) mass is 354 g/mol. The van der Waals surface area contributed by atoms with Gasteiger partial charge < -0.3 is 9.30 Å². The van der Waals surface area contributed by atoms with Gasteiger partial charge in [0.2, 0.25) is 5.91 Å². The number of hydrogen-bond acceptors (Lipinski definition) is 4. The summed E-state index contributed by atoms with van der Waals surface area (Å²) in [4.78, 5) is 20.5. The van der Waals surface area contributed by atoms with E-state index in [9.17, 15) is 9.18 Å². The van der Waals surface area contributed by atoms with Gasteiger partial charge in [-0.3, -0.25) is 14.4 Å². The van der Waals surface area contributed by atoms with Gasteiger partial charge in [0.25, 0.3) is 0 Å². The molecule has 2 aliphatic rings. The van der Waals surface area contributed by atoms with Gasteiger partial charge in [-0.25, -0.2) is 9.37 Å². The first kappa shape index (κ1) is 15.5. The number of hydrogen-bond donors (Lipinski definition) is 0. The van der Waals surface area contributed by atoms with Crippen molar-refractivity contribution in [3.63, 3.8) is 0 Å². The zero-order valence-electron chi connectivity index (χ0n) is 14.3. The highest BCUT2D eigenvalue weighted by molar-refractivity contribution is 5.95. The molecular formula is C18H19FN6O. The zero-order chi connectivity index (χ0) is 17.7. The predicted octanol–water partition coefficient (Wildman–Crippen LogP) is 1.85. The van der Waals surface area contributed by atoms with Crippen LogP contribution in [0.2, 0.25) is 0 Å². The number of rotatable bonds is 4.